The van der Waals surface area contributed by atoms with Gasteiger partial charge in [-0.2, -0.15) is 0 Å². The van der Waals surface area contributed by atoms with Gasteiger partial charge in [0.1, 0.15) is 0 Å². The first kappa shape index (κ1) is 8.75. The van der Waals surface area contributed by atoms with Gasteiger partial charge in [-0.3, -0.25) is 0 Å². The molecule has 2 N–H and O–H groups in total. The molecular weight excluding hydrogens is 128 g/mol. The van der Waals surface area contributed by atoms with E-state index in [0.717, 1.165) is 0 Å². The Balaban J connectivity index is 4.35. The van der Waals surface area contributed by atoms with Crippen LogP contribution in [0, 0.1) is 0 Å². The van der Waals surface area contributed by atoms with Gasteiger partial charge in [-0.05, 0) is 6.92 Å². The van der Waals surface area contributed by atoms with Crippen LogP contribution >= 0.6 is 0 Å². The van der Waals surface area contributed by atoms with E-state index in [-0.39, 0.29) is 0 Å². The average Bonchev–Trinajstić information content (AvgIpc) is 1.99. The molecule has 0 atom stereocenters. The van der Waals surface area contributed by atoms with Gasteiger partial charge in [-0.1, -0.05) is 12.7 Å². The van der Waals surface area contributed by atoms with Gasteiger partial charge >= 0.3 is 0 Å². The number of nitrogens with zero attached hydrogens (tertiary/aromatic N) is 1. The van der Waals surface area contributed by atoms with E-state index in [1.165, 1.54) is 13.3 Å². The molecule has 0 aromatic rings. The molecule has 0 radical (unpaired) electrons. The normalized spacial score (nSPS) is 13.0. The zero-order valence-electron chi connectivity index (χ0n) is 6.29. The van der Waals surface area contributed by atoms with Crippen LogP contribution in [0.2, 0.25) is 0 Å². The smallest absolute Gasteiger partial charge is 0.236 e. The zero-order valence-corrected chi connectivity index (χ0v) is 6.29. The van der Waals surface area contributed by atoms with E-state index in [9.17, 15) is 0 Å². The fourth-order valence-electron chi connectivity index (χ4n) is 0.451. The molecule has 0 unspecified atom stereocenters. The number of methoxy groups -OCH3 is 1. The molecule has 0 spiro atoms. The summed E-state index contributed by atoms with van der Waals surface area (Å²) in [6, 6.07) is 0. The van der Waals surface area contributed by atoms with E-state index in [1.54, 1.807) is 6.08 Å². The van der Waals surface area contributed by atoms with Crippen molar-refractivity contribution in [2.75, 3.05) is 7.11 Å². The summed E-state index contributed by atoms with van der Waals surface area (Å²) in [5.41, 5.74) is 5.99. The van der Waals surface area contributed by atoms with Crippen molar-refractivity contribution in [1.82, 2.24) is 0 Å². The molecule has 10 heavy (non-hydrogen) atoms. The summed E-state index contributed by atoms with van der Waals surface area (Å²) in [6.45, 7) is 5.23. The standard InChI is InChI=1S/C7H12N2O/c1-4-6(8)7(10-3)9-5-2/h4-5H,2,8H2,1,3H3/b6-4+,9-7?. The van der Waals surface area contributed by atoms with Gasteiger partial charge in [0.15, 0.2) is 0 Å². The molecule has 3 heteroatoms. The van der Waals surface area contributed by atoms with Crippen molar-refractivity contribution >= 4 is 5.90 Å². The summed E-state index contributed by atoms with van der Waals surface area (Å²) >= 11 is 0. The van der Waals surface area contributed by atoms with Crippen molar-refractivity contribution in [3.8, 4) is 0 Å². The Labute approximate surface area is 60.9 Å². The van der Waals surface area contributed by atoms with Gasteiger partial charge in [0.2, 0.25) is 5.90 Å². The molecule has 0 aromatic carbocycles. The van der Waals surface area contributed by atoms with Crippen LogP contribution in [0.4, 0.5) is 0 Å². The molecule has 0 amide bonds. The Bertz CT molecular complexity index is 170. The monoisotopic (exact) mass is 140 g/mol. The van der Waals surface area contributed by atoms with Crippen molar-refractivity contribution in [3.05, 3.63) is 24.6 Å². The molecule has 0 saturated carbocycles. The highest BCUT2D eigenvalue weighted by Gasteiger charge is 1.97. The van der Waals surface area contributed by atoms with Crippen molar-refractivity contribution < 1.29 is 4.74 Å². The minimum Gasteiger partial charge on any atom is -0.480 e. The molecule has 0 fully saturated rings. The Kier molecular flexibility index (Phi) is 4.04. The van der Waals surface area contributed by atoms with Crippen LogP contribution in [0.1, 0.15) is 6.92 Å². The number of aliphatic imine (C=N–C) groups is 1. The van der Waals surface area contributed by atoms with E-state index in [4.69, 9.17) is 10.5 Å². The third-order valence-corrected chi connectivity index (χ3v) is 0.960. The fraction of sp³-hybridized carbons (Fsp3) is 0.286. The Morgan fingerprint density at radius 1 is 1.70 bits per heavy atom. The molecule has 0 aliphatic rings. The van der Waals surface area contributed by atoms with E-state index in [2.05, 4.69) is 11.6 Å². The minimum atomic E-state index is 0.400. The first-order valence-corrected chi connectivity index (χ1v) is 2.91. The maximum absolute atomic E-state index is 5.47. The van der Waals surface area contributed by atoms with E-state index < -0.39 is 0 Å². The lowest BCUT2D eigenvalue weighted by Crippen LogP contribution is -2.12. The van der Waals surface area contributed by atoms with Crippen molar-refractivity contribution in [3.63, 3.8) is 0 Å². The minimum absolute atomic E-state index is 0.400. The Morgan fingerprint density at radius 2 is 2.30 bits per heavy atom. The van der Waals surface area contributed by atoms with Crippen molar-refractivity contribution in [1.29, 1.82) is 0 Å². The number of ether oxygens (including phenoxy) is 1. The largest absolute Gasteiger partial charge is 0.480 e. The number of hydrogen-bond donors (Lipinski definition) is 1. The SMILES string of the molecule is C=CN=C(OC)/C(N)=C\C. The van der Waals surface area contributed by atoms with Crippen LogP contribution in [0.15, 0.2) is 29.5 Å². The maximum Gasteiger partial charge on any atom is 0.236 e. The second kappa shape index (κ2) is 4.61. The molecule has 0 rings (SSSR count). The summed E-state index contributed by atoms with van der Waals surface area (Å²) < 4.78 is 4.83. The lowest BCUT2D eigenvalue weighted by Gasteiger charge is -2.01. The third kappa shape index (κ3) is 2.35. The molecule has 3 nitrogen and oxygen atoms in total. The highest BCUT2D eigenvalue weighted by atomic mass is 16.5. The van der Waals surface area contributed by atoms with E-state index in [0.29, 0.717) is 11.6 Å². The summed E-state index contributed by atoms with van der Waals surface area (Å²) in [7, 11) is 1.51. The molecule has 0 aliphatic carbocycles. The highest BCUT2D eigenvalue weighted by Crippen LogP contribution is 1.91. The zero-order chi connectivity index (χ0) is 7.98. The van der Waals surface area contributed by atoms with Crippen LogP contribution in [0.5, 0.6) is 0 Å². The molecule has 0 aliphatic heterocycles. The number of hydrogen-bond acceptors (Lipinski definition) is 3. The van der Waals surface area contributed by atoms with Gasteiger partial charge in [-0.25, -0.2) is 4.99 Å². The first-order valence-electron chi connectivity index (χ1n) is 2.91. The molecule has 56 valence electrons. The van der Waals surface area contributed by atoms with E-state index >= 15 is 0 Å². The van der Waals surface area contributed by atoms with Crippen molar-refractivity contribution in [2.24, 2.45) is 10.7 Å². The maximum atomic E-state index is 5.47. The Morgan fingerprint density at radius 3 is 2.60 bits per heavy atom. The number of rotatable bonds is 2. The quantitative estimate of drug-likeness (QED) is 0.460. The van der Waals surface area contributed by atoms with Crippen LogP contribution in [0.3, 0.4) is 0 Å². The summed E-state index contributed by atoms with van der Waals surface area (Å²) in [5.74, 6) is 0.400. The lowest BCUT2D eigenvalue weighted by atomic mass is 10.4. The molecule has 0 aromatic heterocycles. The van der Waals surface area contributed by atoms with Crippen LogP contribution in [0.25, 0.3) is 0 Å². The van der Waals surface area contributed by atoms with Crippen molar-refractivity contribution in [2.45, 2.75) is 6.92 Å². The molecule has 0 bridgehead atoms. The van der Waals surface area contributed by atoms with Gasteiger partial charge in [0.25, 0.3) is 0 Å². The highest BCUT2D eigenvalue weighted by molar-refractivity contribution is 5.92. The van der Waals surface area contributed by atoms with Crippen LogP contribution in [-0.4, -0.2) is 13.0 Å². The molecule has 0 saturated heterocycles. The first-order chi connectivity index (χ1) is 4.76. The lowest BCUT2D eigenvalue weighted by molar-refractivity contribution is 0.403. The second-order valence-corrected chi connectivity index (χ2v) is 1.56. The summed E-state index contributed by atoms with van der Waals surface area (Å²) in [6.07, 6.45) is 3.10. The predicted octanol–water partition coefficient (Wildman–Crippen LogP) is 1.04. The second-order valence-electron chi connectivity index (χ2n) is 1.56. The average molecular weight is 140 g/mol. The number of allylic oxidation sites excluding steroid dienone is 1. The summed E-state index contributed by atoms with van der Waals surface area (Å²) in [5, 5.41) is 0. The van der Waals surface area contributed by atoms with E-state index in [1.807, 2.05) is 6.92 Å². The predicted molar refractivity (Wildman–Crippen MR) is 42.6 cm³/mol. The Hall–Kier alpha value is -1.25. The van der Waals surface area contributed by atoms with Gasteiger partial charge in [-0.15, -0.1) is 0 Å². The topological polar surface area (TPSA) is 47.6 Å². The molecular formula is C7H12N2O. The van der Waals surface area contributed by atoms with Gasteiger partial charge < -0.3 is 10.5 Å². The summed E-state index contributed by atoms with van der Waals surface area (Å²) in [4.78, 5) is 3.78. The third-order valence-electron chi connectivity index (χ3n) is 0.960. The fourth-order valence-corrected chi connectivity index (χ4v) is 0.451. The van der Waals surface area contributed by atoms with Gasteiger partial charge in [0.05, 0.1) is 12.8 Å². The van der Waals surface area contributed by atoms with Gasteiger partial charge in [0, 0.05) is 6.20 Å². The molecule has 0 heterocycles. The van der Waals surface area contributed by atoms with Crippen LogP contribution in [-0.2, 0) is 4.74 Å². The van der Waals surface area contributed by atoms with Crippen LogP contribution < -0.4 is 5.73 Å². The number of nitrogens with two attached hydrogens (primary N) is 1.